The van der Waals surface area contributed by atoms with E-state index < -0.39 is 11.4 Å². The van der Waals surface area contributed by atoms with Crippen molar-refractivity contribution in [3.05, 3.63) is 28.5 Å². The molecule has 2 aromatic rings. The Labute approximate surface area is 121 Å². The lowest BCUT2D eigenvalue weighted by Gasteiger charge is -2.15. The molecule has 2 rings (SSSR count). The molecule has 0 radical (unpaired) electrons. The van der Waals surface area contributed by atoms with E-state index in [9.17, 15) is 9.90 Å². The zero-order chi connectivity index (χ0) is 14.9. The van der Waals surface area contributed by atoms with Crippen LogP contribution in [0.2, 0.25) is 0 Å². The number of thiazole rings is 1. The summed E-state index contributed by atoms with van der Waals surface area (Å²) < 4.78 is 1.82. The zero-order valence-corrected chi connectivity index (χ0v) is 12.8. The topological polar surface area (TPSA) is 80.0 Å². The number of aromatic nitrogens is 3. The van der Waals surface area contributed by atoms with Crippen LogP contribution >= 0.6 is 11.3 Å². The lowest BCUT2D eigenvalue weighted by molar-refractivity contribution is -0.142. The quantitative estimate of drug-likeness (QED) is 0.883. The minimum absolute atomic E-state index is 0.570. The minimum atomic E-state index is -0.972. The number of aliphatic carboxylic acids is 1. The summed E-state index contributed by atoms with van der Waals surface area (Å²) in [5, 5.41) is 19.1. The molecule has 2 aromatic heterocycles. The van der Waals surface area contributed by atoms with Crippen molar-refractivity contribution in [1.82, 2.24) is 14.8 Å². The third kappa shape index (κ3) is 2.67. The summed E-state index contributed by atoms with van der Waals surface area (Å²) in [6.45, 7) is 5.93. The minimum Gasteiger partial charge on any atom is -0.481 e. The molecule has 0 saturated carbocycles. The number of carbonyl (C=O) groups is 1. The summed E-state index contributed by atoms with van der Waals surface area (Å²) in [6.07, 6.45) is 1.82. The summed E-state index contributed by atoms with van der Waals surface area (Å²) in [7, 11) is 1.90. The van der Waals surface area contributed by atoms with Crippen LogP contribution in [-0.2, 0) is 23.8 Å². The highest BCUT2D eigenvalue weighted by Gasteiger charge is 2.32. The van der Waals surface area contributed by atoms with Gasteiger partial charge < -0.3 is 10.4 Å². The van der Waals surface area contributed by atoms with Crippen molar-refractivity contribution < 1.29 is 9.90 Å². The molecule has 108 valence electrons. The first-order valence-corrected chi connectivity index (χ1v) is 7.11. The predicted molar refractivity (Wildman–Crippen MR) is 78.0 cm³/mol. The number of carboxylic acid groups (broad SMARTS) is 1. The molecule has 0 atom stereocenters. The van der Waals surface area contributed by atoms with Crippen LogP contribution in [-0.4, -0.2) is 25.8 Å². The van der Waals surface area contributed by atoms with Crippen molar-refractivity contribution in [2.75, 3.05) is 5.32 Å². The largest absolute Gasteiger partial charge is 0.481 e. The Morgan fingerprint density at radius 2 is 2.25 bits per heavy atom. The Hall–Kier alpha value is -1.89. The molecule has 0 aliphatic rings. The van der Waals surface area contributed by atoms with E-state index >= 15 is 0 Å². The molecule has 6 nitrogen and oxygen atoms in total. The molecule has 0 aliphatic carbocycles. The van der Waals surface area contributed by atoms with Gasteiger partial charge in [0.15, 0.2) is 5.13 Å². The Morgan fingerprint density at radius 1 is 1.55 bits per heavy atom. The number of hydrogen-bond donors (Lipinski definition) is 2. The van der Waals surface area contributed by atoms with Gasteiger partial charge in [0.2, 0.25) is 0 Å². The molecule has 0 saturated heterocycles. The smallest absolute Gasteiger partial charge is 0.315 e. The molecule has 0 aliphatic heterocycles. The van der Waals surface area contributed by atoms with E-state index in [1.165, 1.54) is 11.3 Å². The third-order valence-corrected chi connectivity index (χ3v) is 4.25. The van der Waals surface area contributed by atoms with Crippen molar-refractivity contribution in [1.29, 1.82) is 0 Å². The van der Waals surface area contributed by atoms with Crippen LogP contribution in [0.15, 0.2) is 11.6 Å². The molecule has 0 fully saturated rings. The van der Waals surface area contributed by atoms with Crippen LogP contribution < -0.4 is 5.32 Å². The van der Waals surface area contributed by atoms with Gasteiger partial charge in [0.05, 0.1) is 11.9 Å². The molecular formula is C13H18N4O2S. The van der Waals surface area contributed by atoms with Crippen molar-refractivity contribution >= 4 is 22.4 Å². The average molecular weight is 294 g/mol. The van der Waals surface area contributed by atoms with Crippen LogP contribution in [0.4, 0.5) is 5.13 Å². The standard InChI is InChI=1S/C13H18N4O2S/c1-8-9(6-15-17(8)4)5-14-12-16-10(7-20-12)13(2,3)11(18)19/h6-7H,5H2,1-4H3,(H,14,16)(H,18,19). The molecule has 0 unspecified atom stereocenters. The van der Waals surface area contributed by atoms with E-state index in [1.807, 2.05) is 24.9 Å². The van der Waals surface area contributed by atoms with E-state index in [2.05, 4.69) is 15.4 Å². The number of carboxylic acids is 1. The fourth-order valence-corrected chi connectivity index (χ4v) is 2.52. The summed E-state index contributed by atoms with van der Waals surface area (Å²) in [5.74, 6) is -0.877. The number of rotatable bonds is 5. The Morgan fingerprint density at radius 3 is 2.80 bits per heavy atom. The predicted octanol–water partition coefficient (Wildman–Crippen LogP) is 2.16. The van der Waals surface area contributed by atoms with Crippen LogP contribution in [0.1, 0.15) is 30.8 Å². The Bertz CT molecular complexity index is 630. The van der Waals surface area contributed by atoms with Gasteiger partial charge in [-0.15, -0.1) is 11.3 Å². The molecule has 0 aromatic carbocycles. The molecule has 20 heavy (non-hydrogen) atoms. The molecular weight excluding hydrogens is 276 g/mol. The maximum absolute atomic E-state index is 11.2. The highest BCUT2D eigenvalue weighted by Crippen LogP contribution is 2.27. The molecule has 2 heterocycles. The fraction of sp³-hybridized carbons (Fsp3) is 0.462. The zero-order valence-electron chi connectivity index (χ0n) is 12.0. The summed E-state index contributed by atoms with van der Waals surface area (Å²) in [6, 6.07) is 0. The van der Waals surface area contributed by atoms with Gasteiger partial charge in [-0.25, -0.2) is 4.98 Å². The molecule has 0 bridgehead atoms. The Balaban J connectivity index is 2.07. The van der Waals surface area contributed by atoms with Gasteiger partial charge in [-0.05, 0) is 20.8 Å². The average Bonchev–Trinajstić information content (AvgIpc) is 2.97. The highest BCUT2D eigenvalue weighted by molar-refractivity contribution is 7.13. The van der Waals surface area contributed by atoms with Crippen molar-refractivity contribution in [3.8, 4) is 0 Å². The summed E-state index contributed by atoms with van der Waals surface area (Å²) >= 11 is 1.41. The first kappa shape index (κ1) is 14.5. The lowest BCUT2D eigenvalue weighted by Crippen LogP contribution is -2.28. The molecule has 7 heteroatoms. The normalized spacial score (nSPS) is 11.6. The fourth-order valence-electron chi connectivity index (χ4n) is 1.64. The summed E-state index contributed by atoms with van der Waals surface area (Å²) in [5.41, 5.74) is 1.79. The maximum atomic E-state index is 11.2. The van der Waals surface area contributed by atoms with Gasteiger partial charge in [-0.1, -0.05) is 0 Å². The number of aryl methyl sites for hydroxylation is 1. The van der Waals surface area contributed by atoms with Crippen molar-refractivity contribution in [3.63, 3.8) is 0 Å². The van der Waals surface area contributed by atoms with E-state index in [0.29, 0.717) is 12.2 Å². The van der Waals surface area contributed by atoms with Gasteiger partial charge >= 0.3 is 5.97 Å². The van der Waals surface area contributed by atoms with E-state index in [1.54, 1.807) is 19.2 Å². The number of nitrogens with zero attached hydrogens (tertiary/aromatic N) is 3. The number of hydrogen-bond acceptors (Lipinski definition) is 5. The van der Waals surface area contributed by atoms with Gasteiger partial charge in [-0.2, -0.15) is 5.10 Å². The number of anilines is 1. The second-order valence-corrected chi connectivity index (χ2v) is 6.06. The van der Waals surface area contributed by atoms with Gasteiger partial charge in [0.25, 0.3) is 0 Å². The van der Waals surface area contributed by atoms with Crippen molar-refractivity contribution in [2.24, 2.45) is 7.05 Å². The Kier molecular flexibility index (Phi) is 3.80. The lowest BCUT2D eigenvalue weighted by atomic mass is 9.90. The SMILES string of the molecule is Cc1c(CNc2nc(C(C)(C)C(=O)O)cs2)cnn1C. The first-order valence-electron chi connectivity index (χ1n) is 6.23. The molecule has 2 N–H and O–H groups in total. The highest BCUT2D eigenvalue weighted by atomic mass is 32.1. The van der Waals surface area contributed by atoms with E-state index in [0.717, 1.165) is 16.4 Å². The van der Waals surface area contributed by atoms with Crippen LogP contribution in [0, 0.1) is 6.92 Å². The molecule has 0 spiro atoms. The van der Waals surface area contributed by atoms with Crippen molar-refractivity contribution in [2.45, 2.75) is 32.7 Å². The maximum Gasteiger partial charge on any atom is 0.315 e. The van der Waals surface area contributed by atoms with Gasteiger partial charge in [-0.3, -0.25) is 9.48 Å². The van der Waals surface area contributed by atoms with Crippen LogP contribution in [0.5, 0.6) is 0 Å². The van der Waals surface area contributed by atoms with Crippen LogP contribution in [0.25, 0.3) is 0 Å². The monoisotopic (exact) mass is 294 g/mol. The molecule has 0 amide bonds. The second kappa shape index (κ2) is 5.24. The second-order valence-electron chi connectivity index (χ2n) is 5.20. The van der Waals surface area contributed by atoms with E-state index in [-0.39, 0.29) is 0 Å². The summed E-state index contributed by atoms with van der Waals surface area (Å²) in [4.78, 5) is 15.5. The van der Waals surface area contributed by atoms with Crippen LogP contribution in [0.3, 0.4) is 0 Å². The number of nitrogens with one attached hydrogen (secondary N) is 1. The van der Waals surface area contributed by atoms with Gasteiger partial charge in [0, 0.05) is 30.2 Å². The van der Waals surface area contributed by atoms with E-state index in [4.69, 9.17) is 0 Å². The third-order valence-electron chi connectivity index (χ3n) is 3.45. The van der Waals surface area contributed by atoms with Gasteiger partial charge in [0.1, 0.15) is 5.41 Å². The first-order chi connectivity index (χ1) is 9.32.